The number of ether oxygens (including phenoxy) is 1. The molecule has 0 saturated heterocycles. The largest absolute Gasteiger partial charge is 0.483 e. The summed E-state index contributed by atoms with van der Waals surface area (Å²) in [6, 6.07) is 23.1. The lowest BCUT2D eigenvalue weighted by atomic mass is 10.1. The Labute approximate surface area is 190 Å². The molecule has 166 valence electrons. The molecule has 1 heterocycles. The van der Waals surface area contributed by atoms with Crippen LogP contribution in [0.15, 0.2) is 91.3 Å². The summed E-state index contributed by atoms with van der Waals surface area (Å²) in [7, 11) is 0. The van der Waals surface area contributed by atoms with Crippen molar-refractivity contribution in [3.05, 3.63) is 102 Å². The fourth-order valence-electron chi connectivity index (χ4n) is 3.28. The molecule has 0 saturated carbocycles. The molecule has 8 heteroatoms. The first-order valence-corrected chi connectivity index (χ1v) is 10.3. The highest BCUT2D eigenvalue weighted by Crippen LogP contribution is 2.31. The molecule has 0 aliphatic carbocycles. The van der Waals surface area contributed by atoms with Gasteiger partial charge in [-0.2, -0.15) is 0 Å². The van der Waals surface area contributed by atoms with E-state index in [1.807, 2.05) is 36.4 Å². The molecule has 33 heavy (non-hydrogen) atoms. The second kappa shape index (κ2) is 10.1. The van der Waals surface area contributed by atoms with Gasteiger partial charge in [0, 0.05) is 23.6 Å². The first kappa shape index (κ1) is 21.6. The maximum atomic E-state index is 12.9. The minimum atomic E-state index is -0.980. The zero-order chi connectivity index (χ0) is 23.0. The number of benzene rings is 3. The summed E-state index contributed by atoms with van der Waals surface area (Å²) in [6.07, 6.45) is 2.40. The number of imidazole rings is 1. The molecule has 8 nitrogen and oxygen atoms in total. The molecule has 4 aromatic rings. The smallest absolute Gasteiger partial charge is 0.307 e. The highest BCUT2D eigenvalue weighted by atomic mass is 16.5. The van der Waals surface area contributed by atoms with Crippen LogP contribution in [-0.4, -0.2) is 27.0 Å². The molecule has 0 aliphatic heterocycles. The van der Waals surface area contributed by atoms with Gasteiger partial charge in [-0.1, -0.05) is 48.5 Å². The van der Waals surface area contributed by atoms with Crippen LogP contribution >= 0.6 is 0 Å². The van der Waals surface area contributed by atoms with Crippen molar-refractivity contribution in [2.24, 2.45) is 0 Å². The number of nitrogens with zero attached hydrogens (tertiary/aromatic N) is 1. The van der Waals surface area contributed by atoms with Crippen molar-refractivity contribution in [2.75, 3.05) is 10.6 Å². The minimum absolute atomic E-state index is 0.215. The summed E-state index contributed by atoms with van der Waals surface area (Å²) >= 11 is 0. The number of rotatable bonds is 9. The number of carboxylic acids is 1. The van der Waals surface area contributed by atoms with Gasteiger partial charge in [-0.25, -0.2) is 4.98 Å². The normalized spacial score (nSPS) is 11.4. The van der Waals surface area contributed by atoms with Crippen LogP contribution < -0.4 is 15.4 Å². The van der Waals surface area contributed by atoms with Crippen LogP contribution in [0.4, 0.5) is 17.3 Å². The minimum Gasteiger partial charge on any atom is -0.483 e. The average molecular weight is 442 g/mol. The van der Waals surface area contributed by atoms with E-state index in [9.17, 15) is 14.7 Å². The second-order valence-electron chi connectivity index (χ2n) is 7.21. The van der Waals surface area contributed by atoms with Crippen LogP contribution in [0.25, 0.3) is 0 Å². The number of carbonyl (C=O) groups is 2. The van der Waals surface area contributed by atoms with E-state index in [-0.39, 0.29) is 12.3 Å². The molecule has 0 radical (unpaired) electrons. The lowest BCUT2D eigenvalue weighted by molar-refractivity contribution is -0.138. The van der Waals surface area contributed by atoms with Gasteiger partial charge < -0.3 is 25.5 Å². The number of aromatic amines is 1. The number of aromatic nitrogens is 2. The van der Waals surface area contributed by atoms with Crippen LogP contribution in [0.2, 0.25) is 0 Å². The van der Waals surface area contributed by atoms with E-state index in [0.29, 0.717) is 28.6 Å². The number of H-pyrrole nitrogens is 1. The monoisotopic (exact) mass is 442 g/mol. The second-order valence-corrected chi connectivity index (χ2v) is 7.21. The number of carboxylic acid groups (broad SMARTS) is 1. The zero-order valence-corrected chi connectivity index (χ0v) is 17.6. The number of hydrogen-bond acceptors (Lipinski definition) is 5. The lowest BCUT2D eigenvalue weighted by Gasteiger charge is -2.20. The number of para-hydroxylation sites is 2. The zero-order valence-electron chi connectivity index (χ0n) is 17.6. The van der Waals surface area contributed by atoms with Crippen molar-refractivity contribution in [3.8, 4) is 5.75 Å². The molecule has 3 aromatic carbocycles. The van der Waals surface area contributed by atoms with Crippen molar-refractivity contribution in [2.45, 2.75) is 12.5 Å². The third kappa shape index (κ3) is 5.76. The standard InChI is InChI=1S/C25H22N4O4/c30-23(31)16-22(17-7-2-1-3-8-17)33-21-12-5-4-11-20(21)29-24(32)18-9-6-10-19(15-18)28-25-26-13-14-27-25/h1-15,22H,16H2,(H,29,32)(H,30,31)(H2,26,27,28). The molecular weight excluding hydrogens is 420 g/mol. The van der Waals surface area contributed by atoms with Crippen molar-refractivity contribution >= 4 is 29.2 Å². The highest BCUT2D eigenvalue weighted by Gasteiger charge is 2.19. The van der Waals surface area contributed by atoms with Crippen LogP contribution in [0.3, 0.4) is 0 Å². The maximum Gasteiger partial charge on any atom is 0.307 e. The Morgan fingerprint density at radius 1 is 1.00 bits per heavy atom. The number of hydrogen-bond donors (Lipinski definition) is 4. The van der Waals surface area contributed by atoms with Crippen LogP contribution in [0, 0.1) is 0 Å². The van der Waals surface area contributed by atoms with E-state index in [0.717, 1.165) is 5.56 Å². The Morgan fingerprint density at radius 2 is 1.79 bits per heavy atom. The lowest BCUT2D eigenvalue weighted by Crippen LogP contribution is -2.16. The number of amides is 1. The number of anilines is 3. The van der Waals surface area contributed by atoms with Gasteiger partial charge in [-0.3, -0.25) is 9.59 Å². The van der Waals surface area contributed by atoms with E-state index in [4.69, 9.17) is 4.74 Å². The van der Waals surface area contributed by atoms with Crippen molar-refractivity contribution in [1.29, 1.82) is 0 Å². The molecule has 1 unspecified atom stereocenters. The van der Waals surface area contributed by atoms with Gasteiger partial charge in [0.25, 0.3) is 5.91 Å². The topological polar surface area (TPSA) is 116 Å². The van der Waals surface area contributed by atoms with Crippen molar-refractivity contribution < 1.29 is 19.4 Å². The molecule has 0 bridgehead atoms. The van der Waals surface area contributed by atoms with Gasteiger partial charge in [0.05, 0.1) is 12.1 Å². The SMILES string of the molecule is O=C(O)CC(Oc1ccccc1NC(=O)c1cccc(Nc2ncc[nH]2)c1)c1ccccc1. The number of carbonyl (C=O) groups excluding carboxylic acids is 1. The molecule has 1 atom stereocenters. The first-order valence-electron chi connectivity index (χ1n) is 10.3. The predicted octanol–water partition coefficient (Wildman–Crippen LogP) is 5.00. The van der Waals surface area contributed by atoms with Gasteiger partial charge in [0.2, 0.25) is 5.95 Å². The molecule has 4 rings (SSSR count). The van der Waals surface area contributed by atoms with Gasteiger partial charge in [0.15, 0.2) is 0 Å². The molecule has 1 amide bonds. The summed E-state index contributed by atoms with van der Waals surface area (Å²) < 4.78 is 6.05. The molecular formula is C25H22N4O4. The Hall–Kier alpha value is -4.59. The summed E-state index contributed by atoms with van der Waals surface area (Å²) in [5.74, 6) is -0.364. The van der Waals surface area contributed by atoms with Gasteiger partial charge >= 0.3 is 5.97 Å². The van der Waals surface area contributed by atoms with Gasteiger partial charge in [0.1, 0.15) is 11.9 Å². The summed E-state index contributed by atoms with van der Waals surface area (Å²) in [4.78, 5) is 31.4. The summed E-state index contributed by atoms with van der Waals surface area (Å²) in [6.45, 7) is 0. The quantitative estimate of drug-likeness (QED) is 0.290. The van der Waals surface area contributed by atoms with Crippen LogP contribution in [0.5, 0.6) is 5.75 Å². The van der Waals surface area contributed by atoms with E-state index >= 15 is 0 Å². The molecule has 4 N–H and O–H groups in total. The van der Waals surface area contributed by atoms with E-state index in [1.165, 1.54) is 0 Å². The summed E-state index contributed by atoms with van der Waals surface area (Å²) in [5, 5.41) is 15.3. The Kier molecular flexibility index (Phi) is 6.65. The third-order valence-corrected chi connectivity index (χ3v) is 4.82. The van der Waals surface area contributed by atoms with Crippen molar-refractivity contribution in [1.82, 2.24) is 9.97 Å². The number of nitrogens with one attached hydrogen (secondary N) is 3. The first-order chi connectivity index (χ1) is 16.1. The molecule has 0 spiro atoms. The fourth-order valence-corrected chi connectivity index (χ4v) is 3.28. The Balaban J connectivity index is 1.52. The molecule has 1 aromatic heterocycles. The van der Waals surface area contributed by atoms with E-state index in [1.54, 1.807) is 54.9 Å². The molecule has 0 aliphatic rings. The average Bonchev–Trinajstić information content (AvgIpc) is 3.33. The third-order valence-electron chi connectivity index (χ3n) is 4.82. The van der Waals surface area contributed by atoms with Gasteiger partial charge in [-0.05, 0) is 35.9 Å². The predicted molar refractivity (Wildman–Crippen MR) is 125 cm³/mol. The van der Waals surface area contributed by atoms with E-state index in [2.05, 4.69) is 20.6 Å². The van der Waals surface area contributed by atoms with Gasteiger partial charge in [-0.15, -0.1) is 0 Å². The molecule has 0 fully saturated rings. The van der Waals surface area contributed by atoms with Crippen LogP contribution in [0.1, 0.15) is 28.4 Å². The maximum absolute atomic E-state index is 12.9. The fraction of sp³-hybridized carbons (Fsp3) is 0.0800. The van der Waals surface area contributed by atoms with Crippen molar-refractivity contribution in [3.63, 3.8) is 0 Å². The number of aliphatic carboxylic acids is 1. The van der Waals surface area contributed by atoms with Crippen LogP contribution in [-0.2, 0) is 4.79 Å². The Bertz CT molecular complexity index is 1230. The highest BCUT2D eigenvalue weighted by molar-refractivity contribution is 6.05. The summed E-state index contributed by atoms with van der Waals surface area (Å²) in [5.41, 5.74) is 2.31. The van der Waals surface area contributed by atoms with E-state index < -0.39 is 12.1 Å². The Morgan fingerprint density at radius 3 is 2.55 bits per heavy atom.